The van der Waals surface area contributed by atoms with Gasteiger partial charge in [-0.15, -0.1) is 0 Å². The predicted molar refractivity (Wildman–Crippen MR) is 87.1 cm³/mol. The Labute approximate surface area is 129 Å². The summed E-state index contributed by atoms with van der Waals surface area (Å²) in [5.41, 5.74) is 3.89. The smallest absolute Gasteiger partial charge is 0.207 e. The summed E-state index contributed by atoms with van der Waals surface area (Å²) < 4.78 is 28.0. The maximum absolute atomic E-state index is 13.2. The van der Waals surface area contributed by atoms with Crippen LogP contribution in [0.2, 0.25) is 0 Å². The summed E-state index contributed by atoms with van der Waals surface area (Å²) in [7, 11) is -3.40. The summed E-state index contributed by atoms with van der Waals surface area (Å²) >= 11 is 0. The van der Waals surface area contributed by atoms with E-state index in [2.05, 4.69) is 19.9 Å². The lowest BCUT2D eigenvalue weighted by Crippen LogP contribution is -2.43. The van der Waals surface area contributed by atoms with Crippen molar-refractivity contribution in [2.75, 3.05) is 13.1 Å². The molecule has 0 aliphatic carbocycles. The SMILES string of the molecule is Cc1cc(C)c(C)c(S(=O)(=O)N2CC(C)CC(C)C2)c1C. The Morgan fingerprint density at radius 1 is 0.952 bits per heavy atom. The van der Waals surface area contributed by atoms with Gasteiger partial charge in [0.25, 0.3) is 0 Å². The van der Waals surface area contributed by atoms with Gasteiger partial charge in [-0.25, -0.2) is 8.42 Å². The van der Waals surface area contributed by atoms with Crippen LogP contribution in [0.25, 0.3) is 0 Å². The van der Waals surface area contributed by atoms with Crippen molar-refractivity contribution in [1.29, 1.82) is 0 Å². The number of piperidine rings is 1. The molecule has 1 fully saturated rings. The highest BCUT2D eigenvalue weighted by molar-refractivity contribution is 7.89. The molecule has 1 aliphatic heterocycles. The molecule has 21 heavy (non-hydrogen) atoms. The second-order valence-electron chi connectivity index (χ2n) is 6.86. The van der Waals surface area contributed by atoms with Gasteiger partial charge in [0.2, 0.25) is 10.0 Å². The average molecular weight is 309 g/mol. The molecule has 1 aromatic carbocycles. The van der Waals surface area contributed by atoms with Crippen molar-refractivity contribution in [2.45, 2.75) is 52.9 Å². The van der Waals surface area contributed by atoms with E-state index in [4.69, 9.17) is 0 Å². The van der Waals surface area contributed by atoms with Crippen molar-refractivity contribution in [3.05, 3.63) is 28.3 Å². The molecule has 118 valence electrons. The topological polar surface area (TPSA) is 37.4 Å². The van der Waals surface area contributed by atoms with E-state index in [0.717, 1.165) is 28.7 Å². The molecule has 0 N–H and O–H groups in total. The van der Waals surface area contributed by atoms with Crippen LogP contribution in [0.5, 0.6) is 0 Å². The van der Waals surface area contributed by atoms with Crippen molar-refractivity contribution in [3.63, 3.8) is 0 Å². The predicted octanol–water partition coefficient (Wildman–Crippen LogP) is 3.59. The number of rotatable bonds is 2. The lowest BCUT2D eigenvalue weighted by atomic mass is 9.94. The van der Waals surface area contributed by atoms with Crippen LogP contribution in [0.3, 0.4) is 0 Å². The molecule has 2 atom stereocenters. The second kappa shape index (κ2) is 5.73. The highest BCUT2D eigenvalue weighted by Gasteiger charge is 2.34. The molecule has 1 aliphatic rings. The van der Waals surface area contributed by atoms with Crippen LogP contribution in [0, 0.1) is 39.5 Å². The molecule has 0 amide bonds. The van der Waals surface area contributed by atoms with Crippen molar-refractivity contribution in [3.8, 4) is 0 Å². The monoisotopic (exact) mass is 309 g/mol. The van der Waals surface area contributed by atoms with E-state index in [0.29, 0.717) is 29.8 Å². The van der Waals surface area contributed by atoms with Crippen molar-refractivity contribution in [1.82, 2.24) is 4.31 Å². The summed E-state index contributed by atoms with van der Waals surface area (Å²) in [6.07, 6.45) is 1.11. The third kappa shape index (κ3) is 3.02. The fourth-order valence-corrected chi connectivity index (χ4v) is 5.75. The van der Waals surface area contributed by atoms with Crippen molar-refractivity contribution < 1.29 is 8.42 Å². The van der Waals surface area contributed by atoms with Crippen LogP contribution < -0.4 is 0 Å². The quantitative estimate of drug-likeness (QED) is 0.837. The van der Waals surface area contributed by atoms with E-state index >= 15 is 0 Å². The fourth-order valence-electron chi connectivity index (χ4n) is 3.50. The first-order valence-corrected chi connectivity index (χ1v) is 9.16. The van der Waals surface area contributed by atoms with E-state index in [1.165, 1.54) is 0 Å². The highest BCUT2D eigenvalue weighted by Crippen LogP contribution is 2.32. The molecule has 1 aromatic rings. The van der Waals surface area contributed by atoms with Crippen molar-refractivity contribution >= 4 is 10.0 Å². The Balaban J connectivity index is 2.55. The fraction of sp³-hybridized carbons (Fsp3) is 0.647. The number of nitrogens with zero attached hydrogens (tertiary/aromatic N) is 1. The van der Waals surface area contributed by atoms with Crippen molar-refractivity contribution in [2.24, 2.45) is 11.8 Å². The number of sulfonamides is 1. The second-order valence-corrected chi connectivity index (χ2v) is 8.73. The standard InChI is InChI=1S/C17H27NO2S/c1-11-7-12(2)10-18(9-11)21(19,20)17-15(5)13(3)8-14(4)16(17)6/h8,11-12H,7,9-10H2,1-6H3. The van der Waals surface area contributed by atoms with Crippen LogP contribution in [0.4, 0.5) is 0 Å². The molecule has 0 radical (unpaired) electrons. The van der Waals surface area contributed by atoms with Crippen LogP contribution >= 0.6 is 0 Å². The third-order valence-corrected chi connectivity index (χ3v) is 6.84. The first kappa shape index (κ1) is 16.5. The molecular formula is C17H27NO2S. The molecular weight excluding hydrogens is 282 g/mol. The van der Waals surface area contributed by atoms with Crippen LogP contribution in [0.1, 0.15) is 42.5 Å². The summed E-state index contributed by atoms with van der Waals surface area (Å²) in [6, 6.07) is 2.07. The van der Waals surface area contributed by atoms with E-state index in [1.54, 1.807) is 4.31 Å². The van der Waals surface area contributed by atoms with E-state index in [1.807, 2.05) is 27.7 Å². The lowest BCUT2D eigenvalue weighted by Gasteiger charge is -2.35. The van der Waals surface area contributed by atoms with Crippen LogP contribution in [-0.4, -0.2) is 25.8 Å². The molecule has 3 nitrogen and oxygen atoms in total. The first-order chi connectivity index (χ1) is 9.64. The lowest BCUT2D eigenvalue weighted by molar-refractivity contribution is 0.222. The van der Waals surface area contributed by atoms with E-state index in [9.17, 15) is 8.42 Å². The Morgan fingerprint density at radius 2 is 1.38 bits per heavy atom. The van der Waals surface area contributed by atoms with Gasteiger partial charge in [0.15, 0.2) is 0 Å². The van der Waals surface area contributed by atoms with Gasteiger partial charge >= 0.3 is 0 Å². The maximum atomic E-state index is 13.2. The molecule has 0 aromatic heterocycles. The van der Waals surface area contributed by atoms with E-state index in [-0.39, 0.29) is 0 Å². The van der Waals surface area contributed by atoms with E-state index < -0.39 is 10.0 Å². The third-order valence-electron chi connectivity index (χ3n) is 4.73. The number of hydrogen-bond donors (Lipinski definition) is 0. The molecule has 2 rings (SSSR count). The minimum absolute atomic E-state index is 0.426. The zero-order valence-electron chi connectivity index (χ0n) is 14.0. The number of aryl methyl sites for hydroxylation is 2. The van der Waals surface area contributed by atoms with Gasteiger partial charge in [0, 0.05) is 13.1 Å². The molecule has 0 saturated carbocycles. The summed E-state index contributed by atoms with van der Waals surface area (Å²) in [6.45, 7) is 13.4. The molecule has 1 saturated heterocycles. The van der Waals surface area contributed by atoms with Crippen LogP contribution in [-0.2, 0) is 10.0 Å². The summed E-state index contributed by atoms with van der Waals surface area (Å²) in [5, 5.41) is 0. The molecule has 2 unspecified atom stereocenters. The van der Waals surface area contributed by atoms with Gasteiger partial charge < -0.3 is 0 Å². The van der Waals surface area contributed by atoms with Gasteiger partial charge in [-0.1, -0.05) is 19.9 Å². The van der Waals surface area contributed by atoms with Gasteiger partial charge in [-0.05, 0) is 68.2 Å². The zero-order valence-corrected chi connectivity index (χ0v) is 14.8. The summed E-state index contributed by atoms with van der Waals surface area (Å²) in [5.74, 6) is 0.852. The molecule has 0 bridgehead atoms. The number of benzene rings is 1. The number of hydrogen-bond acceptors (Lipinski definition) is 2. The Hall–Kier alpha value is -0.870. The average Bonchev–Trinajstić information content (AvgIpc) is 2.35. The van der Waals surface area contributed by atoms with Gasteiger partial charge in [0.05, 0.1) is 4.90 Å². The minimum Gasteiger partial charge on any atom is -0.207 e. The van der Waals surface area contributed by atoms with Gasteiger partial charge in [0.1, 0.15) is 0 Å². The normalized spacial score (nSPS) is 24.3. The molecule has 1 heterocycles. The van der Waals surface area contributed by atoms with Gasteiger partial charge in [-0.2, -0.15) is 4.31 Å². The summed E-state index contributed by atoms with van der Waals surface area (Å²) in [4.78, 5) is 0.529. The Morgan fingerprint density at radius 3 is 1.81 bits per heavy atom. The highest BCUT2D eigenvalue weighted by atomic mass is 32.2. The largest absolute Gasteiger partial charge is 0.243 e. The molecule has 0 spiro atoms. The minimum atomic E-state index is -3.40. The zero-order chi connectivity index (χ0) is 15.9. The van der Waals surface area contributed by atoms with Crippen LogP contribution in [0.15, 0.2) is 11.0 Å². The Bertz CT molecular complexity index is 613. The Kier molecular flexibility index (Phi) is 4.50. The van der Waals surface area contributed by atoms with Gasteiger partial charge in [-0.3, -0.25) is 0 Å². The maximum Gasteiger partial charge on any atom is 0.243 e. The molecule has 4 heteroatoms. The first-order valence-electron chi connectivity index (χ1n) is 7.72.